The van der Waals surface area contributed by atoms with E-state index in [1.54, 1.807) is 0 Å². The van der Waals surface area contributed by atoms with Crippen LogP contribution in [0.4, 0.5) is 4.79 Å². The van der Waals surface area contributed by atoms with Crippen LogP contribution in [-0.4, -0.2) is 43.3 Å². The van der Waals surface area contributed by atoms with Gasteiger partial charge in [-0.2, -0.15) is 0 Å². The van der Waals surface area contributed by atoms with E-state index in [-0.39, 0.29) is 19.0 Å². The van der Waals surface area contributed by atoms with Crippen molar-refractivity contribution in [3.8, 4) is 0 Å². The first-order valence-electron chi connectivity index (χ1n) is 8.87. The molecule has 2 N–H and O–H groups in total. The number of rotatable bonds is 14. The fourth-order valence-corrected chi connectivity index (χ4v) is 2.25. The summed E-state index contributed by atoms with van der Waals surface area (Å²) in [4.78, 5) is 23.2. The van der Waals surface area contributed by atoms with E-state index in [1.807, 2.05) is 30.3 Å². The zero-order chi connectivity index (χ0) is 18.2. The Morgan fingerprint density at radius 2 is 1.72 bits per heavy atom. The van der Waals surface area contributed by atoms with Crippen LogP contribution in [0.1, 0.15) is 44.1 Å². The number of carbonyl (C=O) groups excluding carboxylic acids is 2. The Bertz CT molecular complexity index is 478. The van der Waals surface area contributed by atoms with Gasteiger partial charge in [-0.3, -0.25) is 4.79 Å². The van der Waals surface area contributed by atoms with E-state index in [1.165, 1.54) is 0 Å². The van der Waals surface area contributed by atoms with Gasteiger partial charge in [0.05, 0.1) is 13.2 Å². The molecule has 0 radical (unpaired) electrons. The first kappa shape index (κ1) is 21.1. The molecule has 0 aliphatic rings. The molecule has 0 fully saturated rings. The quantitative estimate of drug-likeness (QED) is 0.504. The molecule has 25 heavy (non-hydrogen) atoms. The number of Topliss-reactive ketones (excluding diaryl/α,β-unsaturated/α-hetero) is 1. The topological polar surface area (TPSA) is 84.9 Å². The van der Waals surface area contributed by atoms with Gasteiger partial charge < -0.3 is 19.9 Å². The summed E-state index contributed by atoms with van der Waals surface area (Å²) in [5.74, 6) is 0.239. The highest BCUT2D eigenvalue weighted by Gasteiger charge is 2.04. The number of aliphatic hydroxyl groups excluding tert-OH is 1. The molecule has 0 heterocycles. The van der Waals surface area contributed by atoms with Gasteiger partial charge in [0.15, 0.2) is 0 Å². The Morgan fingerprint density at radius 3 is 2.48 bits per heavy atom. The van der Waals surface area contributed by atoms with Gasteiger partial charge in [-0.15, -0.1) is 0 Å². The van der Waals surface area contributed by atoms with E-state index >= 15 is 0 Å². The number of ether oxygens (including phenoxy) is 2. The Balaban J connectivity index is 1.90. The maximum atomic E-state index is 11.6. The van der Waals surface area contributed by atoms with E-state index in [4.69, 9.17) is 14.6 Å². The van der Waals surface area contributed by atoms with Crippen molar-refractivity contribution in [3.63, 3.8) is 0 Å². The number of benzene rings is 1. The summed E-state index contributed by atoms with van der Waals surface area (Å²) in [5, 5.41) is 11.3. The van der Waals surface area contributed by atoms with Crippen molar-refractivity contribution in [1.29, 1.82) is 0 Å². The minimum atomic E-state index is -0.414. The summed E-state index contributed by atoms with van der Waals surface area (Å²) < 4.78 is 10.2. The Hall–Kier alpha value is -1.92. The van der Waals surface area contributed by atoms with Gasteiger partial charge in [-0.05, 0) is 24.8 Å². The molecule has 1 aromatic carbocycles. The lowest BCUT2D eigenvalue weighted by Gasteiger charge is -2.07. The van der Waals surface area contributed by atoms with Crippen molar-refractivity contribution in [2.45, 2.75) is 45.1 Å². The number of amides is 1. The molecule has 0 aliphatic heterocycles. The normalized spacial score (nSPS) is 10.4. The molecule has 0 atom stereocenters. The second-order valence-corrected chi connectivity index (χ2v) is 5.78. The molecule has 0 spiro atoms. The van der Waals surface area contributed by atoms with Crippen LogP contribution >= 0.6 is 0 Å². The lowest BCUT2D eigenvalue weighted by Crippen LogP contribution is -2.25. The summed E-state index contributed by atoms with van der Waals surface area (Å²) in [6.07, 6.45) is 3.93. The summed E-state index contributed by atoms with van der Waals surface area (Å²) in [5.41, 5.74) is 0.956. The summed E-state index contributed by atoms with van der Waals surface area (Å²) >= 11 is 0. The van der Waals surface area contributed by atoms with E-state index in [0.717, 1.165) is 24.8 Å². The maximum absolute atomic E-state index is 11.6. The number of nitrogens with one attached hydrogen (secondary N) is 1. The fraction of sp³-hybridized carbons (Fsp3) is 0.579. The van der Waals surface area contributed by atoms with Crippen LogP contribution in [0, 0.1) is 0 Å². The van der Waals surface area contributed by atoms with Gasteiger partial charge in [0.25, 0.3) is 0 Å². The predicted octanol–water partition coefficient (Wildman–Crippen LogP) is 2.83. The molecule has 1 aromatic rings. The maximum Gasteiger partial charge on any atom is 0.407 e. The number of hydrogen-bond acceptors (Lipinski definition) is 5. The minimum Gasteiger partial charge on any atom is -0.445 e. The third-order valence-electron chi connectivity index (χ3n) is 3.59. The third kappa shape index (κ3) is 12.1. The van der Waals surface area contributed by atoms with E-state index in [2.05, 4.69) is 5.32 Å². The van der Waals surface area contributed by atoms with Crippen molar-refractivity contribution in [2.24, 2.45) is 0 Å². The lowest BCUT2D eigenvalue weighted by atomic mass is 10.1. The van der Waals surface area contributed by atoms with Crippen LogP contribution in [0.25, 0.3) is 0 Å². The standard InChI is InChI=1S/C19H29NO5/c21-13-15-24-14-7-11-18(22)10-5-2-6-12-20-19(23)25-16-17-8-3-1-4-9-17/h1,3-4,8-9,21H,2,5-7,10-16H2,(H,20,23). The fourth-order valence-electron chi connectivity index (χ4n) is 2.25. The van der Waals surface area contributed by atoms with Crippen LogP contribution in [0.5, 0.6) is 0 Å². The number of ketones is 1. The minimum absolute atomic E-state index is 0.0157. The summed E-state index contributed by atoms with van der Waals surface area (Å²) in [6.45, 7) is 1.68. The molecule has 140 valence electrons. The van der Waals surface area contributed by atoms with Crippen molar-refractivity contribution < 1.29 is 24.2 Å². The first-order chi connectivity index (χ1) is 12.2. The van der Waals surface area contributed by atoms with Crippen molar-refractivity contribution in [3.05, 3.63) is 35.9 Å². The predicted molar refractivity (Wildman–Crippen MR) is 95.2 cm³/mol. The van der Waals surface area contributed by atoms with Gasteiger partial charge in [0.1, 0.15) is 12.4 Å². The number of aliphatic hydroxyl groups is 1. The lowest BCUT2D eigenvalue weighted by molar-refractivity contribution is -0.119. The zero-order valence-electron chi connectivity index (χ0n) is 14.7. The summed E-state index contributed by atoms with van der Waals surface area (Å²) in [7, 11) is 0. The van der Waals surface area contributed by atoms with Gasteiger partial charge in [0.2, 0.25) is 0 Å². The Kier molecular flexibility index (Phi) is 12.2. The highest BCUT2D eigenvalue weighted by Crippen LogP contribution is 2.04. The monoisotopic (exact) mass is 351 g/mol. The average molecular weight is 351 g/mol. The average Bonchev–Trinajstić information content (AvgIpc) is 2.63. The van der Waals surface area contributed by atoms with Crippen molar-refractivity contribution >= 4 is 11.9 Å². The molecule has 6 heteroatoms. The molecule has 1 rings (SSSR count). The van der Waals surface area contributed by atoms with Crippen LogP contribution in [-0.2, 0) is 20.9 Å². The van der Waals surface area contributed by atoms with E-state index in [0.29, 0.717) is 39.0 Å². The highest BCUT2D eigenvalue weighted by atomic mass is 16.5. The van der Waals surface area contributed by atoms with Crippen molar-refractivity contribution in [2.75, 3.05) is 26.4 Å². The SMILES string of the molecule is O=C(CCCCCNC(=O)OCc1ccccc1)CCCOCCO. The van der Waals surface area contributed by atoms with Gasteiger partial charge in [-0.25, -0.2) is 4.79 Å². The molecular weight excluding hydrogens is 322 g/mol. The molecule has 0 bridgehead atoms. The molecule has 0 unspecified atom stereocenters. The first-order valence-corrected chi connectivity index (χ1v) is 8.87. The second-order valence-electron chi connectivity index (χ2n) is 5.78. The van der Waals surface area contributed by atoms with Crippen LogP contribution in [0.3, 0.4) is 0 Å². The molecule has 0 saturated carbocycles. The van der Waals surface area contributed by atoms with Crippen LogP contribution in [0.15, 0.2) is 30.3 Å². The Labute approximate surface area is 149 Å². The van der Waals surface area contributed by atoms with Gasteiger partial charge in [0, 0.05) is 26.0 Å². The largest absolute Gasteiger partial charge is 0.445 e. The van der Waals surface area contributed by atoms with E-state index in [9.17, 15) is 9.59 Å². The Morgan fingerprint density at radius 1 is 0.960 bits per heavy atom. The molecular formula is C19H29NO5. The van der Waals surface area contributed by atoms with Crippen LogP contribution in [0.2, 0.25) is 0 Å². The molecule has 0 aliphatic carbocycles. The number of carbonyl (C=O) groups is 2. The van der Waals surface area contributed by atoms with Crippen molar-refractivity contribution in [1.82, 2.24) is 5.32 Å². The molecule has 1 amide bonds. The van der Waals surface area contributed by atoms with E-state index < -0.39 is 6.09 Å². The highest BCUT2D eigenvalue weighted by molar-refractivity contribution is 5.78. The molecule has 0 aromatic heterocycles. The zero-order valence-corrected chi connectivity index (χ0v) is 14.7. The second kappa shape index (κ2) is 14.4. The third-order valence-corrected chi connectivity index (χ3v) is 3.59. The molecule has 6 nitrogen and oxygen atoms in total. The van der Waals surface area contributed by atoms with Gasteiger partial charge >= 0.3 is 6.09 Å². The number of hydrogen-bond donors (Lipinski definition) is 2. The number of alkyl carbamates (subject to hydrolysis) is 1. The van der Waals surface area contributed by atoms with Gasteiger partial charge in [-0.1, -0.05) is 36.8 Å². The summed E-state index contributed by atoms with van der Waals surface area (Å²) in [6, 6.07) is 9.53. The molecule has 0 saturated heterocycles. The smallest absolute Gasteiger partial charge is 0.407 e. The van der Waals surface area contributed by atoms with Crippen LogP contribution < -0.4 is 5.32 Å². The number of unbranched alkanes of at least 4 members (excludes halogenated alkanes) is 2.